The first-order valence-corrected chi connectivity index (χ1v) is 12.0. The monoisotopic (exact) mass is 403 g/mol. The van der Waals surface area contributed by atoms with Crippen LogP contribution < -0.4 is 0 Å². The summed E-state index contributed by atoms with van der Waals surface area (Å²) in [4.78, 5) is 14.6. The predicted octanol–water partition coefficient (Wildman–Crippen LogP) is 6.74. The molecule has 0 amide bonds. The van der Waals surface area contributed by atoms with Crippen LogP contribution in [0.15, 0.2) is 29.3 Å². The lowest BCUT2D eigenvalue weighted by Gasteiger charge is -2.11. The molecule has 28 heavy (non-hydrogen) atoms. The van der Waals surface area contributed by atoms with E-state index in [4.69, 9.17) is 4.74 Å². The van der Waals surface area contributed by atoms with Crippen LogP contribution in [0.1, 0.15) is 87.1 Å². The van der Waals surface area contributed by atoms with Gasteiger partial charge in [0.2, 0.25) is 0 Å². The number of hydrogen-bond acceptors (Lipinski definition) is 4. The van der Waals surface area contributed by atoms with Crippen molar-refractivity contribution in [1.29, 1.82) is 0 Å². The highest BCUT2D eigenvalue weighted by Crippen LogP contribution is 2.28. The molecule has 0 N–H and O–H groups in total. The second kappa shape index (κ2) is 13.7. The average molecular weight is 404 g/mol. The highest BCUT2D eigenvalue weighted by atomic mass is 32.2. The predicted molar refractivity (Wildman–Crippen MR) is 122 cm³/mol. The van der Waals surface area contributed by atoms with Crippen molar-refractivity contribution in [3.8, 4) is 0 Å². The van der Waals surface area contributed by atoms with Gasteiger partial charge in [0, 0.05) is 19.3 Å². The molecule has 3 nitrogen and oxygen atoms in total. The molecule has 0 atom stereocenters. The molecule has 0 aromatic heterocycles. The Morgan fingerprint density at radius 2 is 1.75 bits per heavy atom. The van der Waals surface area contributed by atoms with Crippen LogP contribution in [0.25, 0.3) is 6.08 Å². The van der Waals surface area contributed by atoms with Crippen LogP contribution in [0, 0.1) is 0 Å². The number of carbonyl (C=O) groups is 1. The van der Waals surface area contributed by atoms with Crippen molar-refractivity contribution in [3.05, 3.63) is 40.4 Å². The summed E-state index contributed by atoms with van der Waals surface area (Å²) in [5, 5.41) is 1.26. The van der Waals surface area contributed by atoms with Crippen molar-refractivity contribution in [2.75, 3.05) is 26.0 Å². The van der Waals surface area contributed by atoms with Gasteiger partial charge in [-0.2, -0.15) is 0 Å². The van der Waals surface area contributed by atoms with Crippen LogP contribution in [0.2, 0.25) is 0 Å². The normalized spacial score (nSPS) is 15.4. The van der Waals surface area contributed by atoms with Gasteiger partial charge in [0.25, 0.3) is 0 Å². The summed E-state index contributed by atoms with van der Waals surface area (Å²) in [5.74, 6) is 0.923. The number of carbonyl (C=O) groups excluding carboxylic acids is 1. The molecule has 0 radical (unpaired) electrons. The van der Waals surface area contributed by atoms with E-state index in [1.54, 1.807) is 0 Å². The second-order valence-corrected chi connectivity index (χ2v) is 8.81. The maximum Gasteiger partial charge on any atom is 0.338 e. The molecule has 0 bridgehead atoms. The third-order valence-corrected chi connectivity index (χ3v) is 6.31. The molecule has 1 aromatic rings. The summed E-state index contributed by atoms with van der Waals surface area (Å²) in [6.45, 7) is 3.87. The fourth-order valence-electron chi connectivity index (χ4n) is 3.40. The summed E-state index contributed by atoms with van der Waals surface area (Å²) >= 11 is 1.86. The molecule has 1 saturated heterocycles. The Hall–Kier alpha value is -1.42. The Balaban J connectivity index is 1.60. The van der Waals surface area contributed by atoms with Crippen molar-refractivity contribution in [1.82, 2.24) is 4.90 Å². The first-order valence-electron chi connectivity index (χ1n) is 11.0. The van der Waals surface area contributed by atoms with Gasteiger partial charge in [-0.1, -0.05) is 76.8 Å². The van der Waals surface area contributed by atoms with Crippen molar-refractivity contribution in [2.45, 2.75) is 71.1 Å². The molecule has 0 aliphatic carbocycles. The standard InChI is InChI=1S/C24H37NO2S/c1-3-4-5-6-7-8-9-10-11-12-17-27-24(26)22-15-13-14-21(19-22)20-23-25(2)16-18-28-23/h13-15,19-20H,3-12,16-18H2,1-2H3/b23-20-. The number of ether oxygens (including phenoxy) is 1. The number of thioether (sulfide) groups is 1. The first-order chi connectivity index (χ1) is 13.7. The van der Waals surface area contributed by atoms with Gasteiger partial charge in [-0.3, -0.25) is 0 Å². The number of nitrogens with zero attached hydrogens (tertiary/aromatic N) is 1. The minimum atomic E-state index is -0.205. The molecule has 0 saturated carbocycles. The zero-order valence-corrected chi connectivity index (χ0v) is 18.6. The molecule has 2 rings (SSSR count). The van der Waals surface area contributed by atoms with Gasteiger partial charge in [0.1, 0.15) is 0 Å². The summed E-state index contributed by atoms with van der Waals surface area (Å²) < 4.78 is 5.47. The van der Waals surface area contributed by atoms with E-state index >= 15 is 0 Å². The maximum atomic E-state index is 12.3. The van der Waals surface area contributed by atoms with Crippen LogP contribution in [0.4, 0.5) is 0 Å². The minimum absolute atomic E-state index is 0.205. The van der Waals surface area contributed by atoms with E-state index in [0.29, 0.717) is 12.2 Å². The van der Waals surface area contributed by atoms with Crippen molar-refractivity contribution < 1.29 is 9.53 Å². The van der Waals surface area contributed by atoms with E-state index in [9.17, 15) is 4.79 Å². The van der Waals surface area contributed by atoms with Gasteiger partial charge >= 0.3 is 5.97 Å². The summed E-state index contributed by atoms with van der Waals surface area (Å²) in [6.07, 6.45) is 15.0. The zero-order chi connectivity index (χ0) is 20.0. The molecule has 0 unspecified atom stereocenters. The van der Waals surface area contributed by atoms with Crippen molar-refractivity contribution >= 4 is 23.8 Å². The second-order valence-electron chi connectivity index (χ2n) is 7.70. The lowest BCUT2D eigenvalue weighted by molar-refractivity contribution is 0.0497. The molecule has 1 aliphatic heterocycles. The number of rotatable bonds is 13. The Morgan fingerprint density at radius 1 is 1.07 bits per heavy atom. The van der Waals surface area contributed by atoms with Gasteiger partial charge in [-0.05, 0) is 30.2 Å². The molecule has 4 heteroatoms. The van der Waals surface area contributed by atoms with Crippen LogP contribution in [-0.4, -0.2) is 36.8 Å². The number of hydrogen-bond donors (Lipinski definition) is 0. The molecule has 1 fully saturated rings. The third-order valence-electron chi connectivity index (χ3n) is 5.20. The number of esters is 1. The van der Waals surface area contributed by atoms with Gasteiger partial charge in [0.05, 0.1) is 17.2 Å². The first kappa shape index (κ1) is 22.9. The van der Waals surface area contributed by atoms with Crippen LogP contribution in [-0.2, 0) is 4.74 Å². The summed E-state index contributed by atoms with van der Waals surface area (Å²) in [7, 11) is 2.11. The quantitative estimate of drug-likeness (QED) is 0.269. The van der Waals surface area contributed by atoms with E-state index in [2.05, 4.69) is 24.9 Å². The largest absolute Gasteiger partial charge is 0.462 e. The minimum Gasteiger partial charge on any atom is -0.462 e. The Morgan fingerprint density at radius 3 is 2.39 bits per heavy atom. The third kappa shape index (κ3) is 8.72. The highest BCUT2D eigenvalue weighted by molar-refractivity contribution is 8.03. The molecular formula is C24H37NO2S. The van der Waals surface area contributed by atoms with Gasteiger partial charge in [0.15, 0.2) is 0 Å². The molecule has 156 valence electrons. The van der Waals surface area contributed by atoms with E-state index in [1.165, 1.54) is 56.4 Å². The Labute approximate surface area is 175 Å². The van der Waals surface area contributed by atoms with Crippen LogP contribution in [0.3, 0.4) is 0 Å². The summed E-state index contributed by atoms with van der Waals surface area (Å²) in [5.41, 5.74) is 1.71. The molecule has 1 aliphatic rings. The topological polar surface area (TPSA) is 29.5 Å². The SMILES string of the molecule is CCCCCCCCCCCCOC(=O)c1cccc(/C=C2\SCCN2C)c1. The fraction of sp³-hybridized carbons (Fsp3) is 0.625. The summed E-state index contributed by atoms with van der Waals surface area (Å²) in [6, 6.07) is 7.75. The van der Waals surface area contributed by atoms with Gasteiger partial charge in [-0.25, -0.2) is 4.79 Å². The van der Waals surface area contributed by atoms with Crippen molar-refractivity contribution in [3.63, 3.8) is 0 Å². The molecule has 1 heterocycles. The molecular weight excluding hydrogens is 366 g/mol. The smallest absolute Gasteiger partial charge is 0.338 e. The highest BCUT2D eigenvalue weighted by Gasteiger charge is 2.13. The van der Waals surface area contributed by atoms with E-state index < -0.39 is 0 Å². The maximum absolute atomic E-state index is 12.3. The molecule has 1 aromatic carbocycles. The Bertz CT molecular complexity index is 614. The lowest BCUT2D eigenvalue weighted by Crippen LogP contribution is -2.10. The average Bonchev–Trinajstić information content (AvgIpc) is 3.10. The van der Waals surface area contributed by atoms with Crippen LogP contribution >= 0.6 is 11.8 Å². The number of unbranched alkanes of at least 4 members (excludes halogenated alkanes) is 9. The molecule has 0 spiro atoms. The lowest BCUT2D eigenvalue weighted by atomic mass is 10.1. The number of benzene rings is 1. The van der Waals surface area contributed by atoms with Crippen LogP contribution in [0.5, 0.6) is 0 Å². The Kier molecular flexibility index (Phi) is 11.2. The van der Waals surface area contributed by atoms with E-state index in [0.717, 1.165) is 30.7 Å². The van der Waals surface area contributed by atoms with E-state index in [-0.39, 0.29) is 5.97 Å². The zero-order valence-electron chi connectivity index (χ0n) is 17.8. The van der Waals surface area contributed by atoms with Crippen molar-refractivity contribution in [2.24, 2.45) is 0 Å². The van der Waals surface area contributed by atoms with Gasteiger partial charge in [-0.15, -0.1) is 11.8 Å². The van der Waals surface area contributed by atoms with Gasteiger partial charge < -0.3 is 9.64 Å². The fourth-order valence-corrected chi connectivity index (χ4v) is 4.50. The van der Waals surface area contributed by atoms with E-state index in [1.807, 2.05) is 36.0 Å².